The van der Waals surface area contributed by atoms with Gasteiger partial charge in [0.05, 0.1) is 36.9 Å². The highest BCUT2D eigenvalue weighted by Crippen LogP contribution is 2.39. The Hall–Kier alpha value is -4.67. The number of amides is 2. The second-order valence-corrected chi connectivity index (χ2v) is 19.8. The van der Waals surface area contributed by atoms with Gasteiger partial charge in [0.25, 0.3) is 0 Å². The molecule has 4 heterocycles. The van der Waals surface area contributed by atoms with Crippen molar-refractivity contribution < 1.29 is 23.5 Å². The molecule has 0 radical (unpaired) electrons. The Bertz CT molecular complexity index is 1820. The highest BCUT2D eigenvalue weighted by Gasteiger charge is 2.41. The number of nitriles is 1. The van der Waals surface area contributed by atoms with Crippen molar-refractivity contribution in [2.24, 2.45) is 0 Å². The summed E-state index contributed by atoms with van der Waals surface area (Å²) in [6.45, 7) is 18.1. The van der Waals surface area contributed by atoms with Gasteiger partial charge in [0.15, 0.2) is 8.32 Å². The van der Waals surface area contributed by atoms with Gasteiger partial charge < -0.3 is 33.5 Å². The standard InChI is InChI=1S/C38H49N7O5Si/c1-7-34(46)45-22-21-43(23-28(45)15-18-39)35-31-17-20-42(33-14-10-12-27-11-8-9-13-30(27)33)25-32(31)40-36(41-35)48-26-49-37(47)44-19-16-29(24-44)50-51(5,6)38(2,3)4/h7-14,28-29H,1,15-17,19-26H2,2-6H3. The fourth-order valence-electron chi connectivity index (χ4n) is 6.95. The monoisotopic (exact) mass is 711 g/mol. The molecule has 13 heteroatoms. The number of rotatable bonds is 9. The summed E-state index contributed by atoms with van der Waals surface area (Å²) < 4.78 is 18.1. The fourth-order valence-corrected chi connectivity index (χ4v) is 8.33. The van der Waals surface area contributed by atoms with E-state index in [2.05, 4.69) is 92.7 Å². The van der Waals surface area contributed by atoms with Crippen LogP contribution in [0.2, 0.25) is 18.1 Å². The summed E-state index contributed by atoms with van der Waals surface area (Å²) in [6, 6.07) is 16.7. The van der Waals surface area contributed by atoms with Crippen molar-refractivity contribution in [3.05, 3.63) is 66.4 Å². The van der Waals surface area contributed by atoms with E-state index in [-0.39, 0.29) is 42.3 Å². The maximum atomic E-state index is 13.1. The van der Waals surface area contributed by atoms with Crippen LogP contribution in [0.5, 0.6) is 6.01 Å². The van der Waals surface area contributed by atoms with Crippen LogP contribution in [0.1, 0.15) is 44.9 Å². The molecule has 0 aliphatic carbocycles. The number of piperazine rings is 1. The summed E-state index contributed by atoms with van der Waals surface area (Å²) in [6.07, 6.45) is 2.49. The van der Waals surface area contributed by atoms with Crippen LogP contribution in [-0.2, 0) is 26.9 Å². The van der Waals surface area contributed by atoms with Gasteiger partial charge in [-0.05, 0) is 48.5 Å². The van der Waals surface area contributed by atoms with Gasteiger partial charge in [-0.3, -0.25) is 4.79 Å². The van der Waals surface area contributed by atoms with E-state index < -0.39 is 14.4 Å². The van der Waals surface area contributed by atoms with E-state index in [4.69, 9.17) is 23.9 Å². The highest BCUT2D eigenvalue weighted by molar-refractivity contribution is 6.74. The molecule has 2 fully saturated rings. The largest absolute Gasteiger partial charge is 0.425 e. The molecule has 2 aromatic carbocycles. The quantitative estimate of drug-likeness (QED) is 0.151. The molecule has 3 aliphatic heterocycles. The van der Waals surface area contributed by atoms with E-state index in [0.717, 1.165) is 35.7 Å². The van der Waals surface area contributed by atoms with Crippen LogP contribution in [-0.4, -0.2) is 98.3 Å². The van der Waals surface area contributed by atoms with Gasteiger partial charge in [-0.1, -0.05) is 63.7 Å². The molecule has 2 saturated heterocycles. The molecule has 2 unspecified atom stereocenters. The van der Waals surface area contributed by atoms with Crippen molar-refractivity contribution in [2.45, 2.75) is 76.9 Å². The Labute approximate surface area is 301 Å². The van der Waals surface area contributed by atoms with Gasteiger partial charge in [-0.2, -0.15) is 15.2 Å². The lowest BCUT2D eigenvalue weighted by molar-refractivity contribution is -0.128. The zero-order chi connectivity index (χ0) is 36.3. The van der Waals surface area contributed by atoms with Crippen LogP contribution in [0.3, 0.4) is 0 Å². The van der Waals surface area contributed by atoms with Crippen LogP contribution in [0.4, 0.5) is 16.3 Å². The van der Waals surface area contributed by atoms with Gasteiger partial charge in [-0.15, -0.1) is 0 Å². The maximum absolute atomic E-state index is 13.1. The number of nitrogens with zero attached hydrogens (tertiary/aromatic N) is 7. The molecule has 2 amide bonds. The minimum atomic E-state index is -1.96. The van der Waals surface area contributed by atoms with Crippen molar-refractivity contribution in [3.8, 4) is 12.1 Å². The van der Waals surface area contributed by atoms with Crippen molar-refractivity contribution in [3.63, 3.8) is 0 Å². The van der Waals surface area contributed by atoms with Gasteiger partial charge >= 0.3 is 12.1 Å². The Balaban J connectivity index is 1.20. The first kappa shape index (κ1) is 36.1. The summed E-state index contributed by atoms with van der Waals surface area (Å²) in [4.78, 5) is 43.2. The zero-order valence-electron chi connectivity index (χ0n) is 30.4. The second kappa shape index (κ2) is 14.9. The first-order valence-electron chi connectivity index (χ1n) is 17.8. The van der Waals surface area contributed by atoms with E-state index in [0.29, 0.717) is 45.7 Å². The minimum absolute atomic E-state index is 0.0114. The number of likely N-dealkylation sites (tertiary alicyclic amines) is 1. The van der Waals surface area contributed by atoms with E-state index in [1.165, 1.54) is 16.8 Å². The lowest BCUT2D eigenvalue weighted by Gasteiger charge is -2.42. The number of anilines is 2. The van der Waals surface area contributed by atoms with Crippen molar-refractivity contribution in [2.75, 3.05) is 55.9 Å². The summed E-state index contributed by atoms with van der Waals surface area (Å²) in [5, 5.41) is 12.0. The maximum Gasteiger partial charge on any atom is 0.412 e. The predicted molar refractivity (Wildman–Crippen MR) is 199 cm³/mol. The van der Waals surface area contributed by atoms with Crippen LogP contribution in [0.25, 0.3) is 10.8 Å². The van der Waals surface area contributed by atoms with Crippen LogP contribution < -0.4 is 14.5 Å². The second-order valence-electron chi connectivity index (χ2n) is 15.0. The molecule has 6 rings (SSSR count). The number of fused-ring (bicyclic) bond motifs is 2. The molecule has 0 bridgehead atoms. The van der Waals surface area contributed by atoms with E-state index in [1.807, 2.05) is 6.07 Å². The minimum Gasteiger partial charge on any atom is -0.425 e. The molecule has 0 spiro atoms. The Kier molecular flexibility index (Phi) is 10.6. The lowest BCUT2D eigenvalue weighted by atomic mass is 10.0. The summed E-state index contributed by atoms with van der Waals surface area (Å²) in [7, 11) is -1.96. The molecule has 1 aromatic heterocycles. The Morgan fingerprint density at radius 3 is 2.59 bits per heavy atom. The number of benzene rings is 2. The molecule has 0 saturated carbocycles. The average molecular weight is 712 g/mol. The number of aromatic nitrogens is 2. The van der Waals surface area contributed by atoms with Gasteiger partial charge in [0, 0.05) is 55.9 Å². The SMILES string of the molecule is C=CC(=O)N1CCN(c2nc(OCOC(=O)N3CCC(O[Si](C)(C)C(C)(C)C)C3)nc3c2CCN(c2cccc4ccccc24)C3)CC1CC#N. The molecule has 0 N–H and O–H groups in total. The molecule has 3 aliphatic rings. The highest BCUT2D eigenvalue weighted by atomic mass is 28.4. The molecule has 12 nitrogen and oxygen atoms in total. The third-order valence-electron chi connectivity index (χ3n) is 10.7. The van der Waals surface area contributed by atoms with Gasteiger partial charge in [0.1, 0.15) is 5.82 Å². The molecular formula is C38H49N7O5Si. The Morgan fingerprint density at radius 2 is 1.82 bits per heavy atom. The third kappa shape index (κ3) is 7.82. The number of hydrogen-bond acceptors (Lipinski definition) is 10. The number of carbonyl (C=O) groups is 2. The van der Waals surface area contributed by atoms with Crippen LogP contribution in [0, 0.1) is 11.3 Å². The van der Waals surface area contributed by atoms with Gasteiger partial charge in [-0.25, -0.2) is 4.79 Å². The first-order valence-corrected chi connectivity index (χ1v) is 20.7. The normalized spacial score (nSPS) is 19.5. The van der Waals surface area contributed by atoms with E-state index in [9.17, 15) is 14.9 Å². The molecule has 51 heavy (non-hydrogen) atoms. The smallest absolute Gasteiger partial charge is 0.412 e. The average Bonchev–Trinajstić information content (AvgIpc) is 3.58. The fraction of sp³-hybridized carbons (Fsp3) is 0.500. The number of ether oxygens (including phenoxy) is 2. The van der Waals surface area contributed by atoms with E-state index in [1.54, 1.807) is 9.80 Å². The Morgan fingerprint density at radius 1 is 1.04 bits per heavy atom. The topological polar surface area (TPSA) is 124 Å². The van der Waals surface area contributed by atoms with Crippen molar-refractivity contribution >= 4 is 42.6 Å². The van der Waals surface area contributed by atoms with Crippen molar-refractivity contribution in [1.29, 1.82) is 5.26 Å². The molecule has 270 valence electrons. The number of hydrogen-bond donors (Lipinski definition) is 0. The molecule has 3 aromatic rings. The van der Waals surface area contributed by atoms with E-state index >= 15 is 0 Å². The molecule has 2 atom stereocenters. The third-order valence-corrected chi connectivity index (χ3v) is 15.3. The van der Waals surface area contributed by atoms with Crippen LogP contribution >= 0.6 is 0 Å². The van der Waals surface area contributed by atoms with Gasteiger partial charge in [0.2, 0.25) is 12.7 Å². The lowest BCUT2D eigenvalue weighted by Crippen LogP contribution is -2.55. The molecular weight excluding hydrogens is 663 g/mol. The summed E-state index contributed by atoms with van der Waals surface area (Å²) in [5.74, 6) is 0.532. The first-order chi connectivity index (χ1) is 24.4. The predicted octanol–water partition coefficient (Wildman–Crippen LogP) is 5.88. The van der Waals surface area contributed by atoms with Crippen LogP contribution in [0.15, 0.2) is 55.1 Å². The number of carbonyl (C=O) groups excluding carboxylic acids is 2. The van der Waals surface area contributed by atoms with Crippen molar-refractivity contribution in [1.82, 2.24) is 19.8 Å². The summed E-state index contributed by atoms with van der Waals surface area (Å²) >= 11 is 0. The summed E-state index contributed by atoms with van der Waals surface area (Å²) in [5.41, 5.74) is 2.97. The zero-order valence-corrected chi connectivity index (χ0v) is 31.4.